The Bertz CT molecular complexity index is 265. The quantitative estimate of drug-likeness (QED) is 0.542. The van der Waals surface area contributed by atoms with Crippen molar-refractivity contribution in [1.29, 1.82) is 0 Å². The van der Waals surface area contributed by atoms with Crippen LogP contribution >= 0.6 is 12.2 Å². The number of hydrogen-bond donors (Lipinski definition) is 1. The van der Waals surface area contributed by atoms with Gasteiger partial charge in [0.2, 0.25) is 0 Å². The lowest BCUT2D eigenvalue weighted by Gasteiger charge is -1.95. The summed E-state index contributed by atoms with van der Waals surface area (Å²) in [7, 11) is 1.76. The minimum absolute atomic E-state index is 0.492. The molecular weight excluding hydrogens is 134 g/mol. The van der Waals surface area contributed by atoms with E-state index in [-0.39, 0.29) is 0 Å². The normalized spacial score (nSPS) is 9.44. The average Bonchev–Trinajstić information content (AvgIpc) is 1.80. The highest BCUT2D eigenvalue weighted by Gasteiger charge is 1.85. The molecule has 0 unspecified atom stereocenters. The van der Waals surface area contributed by atoms with E-state index in [0.29, 0.717) is 10.5 Å². The number of anilines is 1. The summed E-state index contributed by atoms with van der Waals surface area (Å²) in [6.07, 6.45) is 0. The van der Waals surface area contributed by atoms with Gasteiger partial charge in [-0.1, -0.05) is 12.2 Å². The smallest absolute Gasteiger partial charge is 0.144 e. The van der Waals surface area contributed by atoms with E-state index in [2.05, 4.69) is 5.10 Å². The van der Waals surface area contributed by atoms with Crippen molar-refractivity contribution >= 4 is 18.0 Å². The lowest BCUT2D eigenvalue weighted by molar-refractivity contribution is 0.733. The summed E-state index contributed by atoms with van der Waals surface area (Å²) in [6.45, 7) is 0. The van der Waals surface area contributed by atoms with Crippen LogP contribution in [0, 0.1) is 4.64 Å². The molecular formula is C5H7N3S. The molecule has 48 valence electrons. The van der Waals surface area contributed by atoms with Crippen molar-refractivity contribution < 1.29 is 0 Å². The van der Waals surface area contributed by atoms with Gasteiger partial charge >= 0.3 is 0 Å². The molecule has 0 aromatic carbocycles. The first-order valence-electron chi connectivity index (χ1n) is 2.50. The Labute approximate surface area is 58.1 Å². The van der Waals surface area contributed by atoms with Crippen molar-refractivity contribution in [2.75, 3.05) is 5.73 Å². The van der Waals surface area contributed by atoms with Crippen LogP contribution in [0.2, 0.25) is 0 Å². The van der Waals surface area contributed by atoms with Crippen molar-refractivity contribution in [3.05, 3.63) is 16.8 Å². The standard InChI is InChI=1S/C5H7N3S/c1-8-5(9)3-2-4(6)7-8/h2-3H,1H3,(H2,6,7). The molecule has 1 aromatic heterocycles. The molecule has 0 bridgehead atoms. The third kappa shape index (κ3) is 1.26. The molecule has 0 saturated heterocycles. The van der Waals surface area contributed by atoms with Gasteiger partial charge in [0.25, 0.3) is 0 Å². The zero-order valence-electron chi connectivity index (χ0n) is 5.03. The minimum atomic E-state index is 0.492. The van der Waals surface area contributed by atoms with Crippen LogP contribution in [0.15, 0.2) is 12.1 Å². The van der Waals surface area contributed by atoms with Crippen LogP contribution in [0.3, 0.4) is 0 Å². The topological polar surface area (TPSA) is 43.8 Å². The number of hydrogen-bond acceptors (Lipinski definition) is 3. The van der Waals surface area contributed by atoms with Crippen LogP contribution in [-0.2, 0) is 7.05 Å². The molecule has 1 heterocycles. The van der Waals surface area contributed by atoms with Gasteiger partial charge in [0.15, 0.2) is 0 Å². The molecule has 0 amide bonds. The Morgan fingerprint density at radius 3 is 2.78 bits per heavy atom. The average molecular weight is 141 g/mol. The van der Waals surface area contributed by atoms with E-state index >= 15 is 0 Å². The maximum atomic E-state index is 5.35. The molecule has 1 rings (SSSR count). The third-order valence-electron chi connectivity index (χ3n) is 0.981. The second-order valence-electron chi connectivity index (χ2n) is 1.72. The Hall–Kier alpha value is -0.900. The number of nitrogens with two attached hydrogens (primary N) is 1. The van der Waals surface area contributed by atoms with E-state index in [1.165, 1.54) is 0 Å². The van der Waals surface area contributed by atoms with Crippen LogP contribution in [-0.4, -0.2) is 9.78 Å². The summed E-state index contributed by atoms with van der Waals surface area (Å²) in [5.41, 5.74) is 5.35. The van der Waals surface area contributed by atoms with E-state index in [9.17, 15) is 0 Å². The molecule has 3 nitrogen and oxygen atoms in total. The van der Waals surface area contributed by atoms with Gasteiger partial charge in [-0.2, -0.15) is 5.10 Å². The molecule has 0 spiro atoms. The van der Waals surface area contributed by atoms with E-state index in [4.69, 9.17) is 18.0 Å². The SMILES string of the molecule is Cn1nc(N)ccc1=S. The van der Waals surface area contributed by atoms with E-state index in [0.717, 1.165) is 0 Å². The van der Waals surface area contributed by atoms with Crippen molar-refractivity contribution in [2.45, 2.75) is 0 Å². The molecule has 9 heavy (non-hydrogen) atoms. The minimum Gasteiger partial charge on any atom is -0.382 e. The first-order valence-corrected chi connectivity index (χ1v) is 2.91. The van der Waals surface area contributed by atoms with Gasteiger partial charge < -0.3 is 5.73 Å². The van der Waals surface area contributed by atoms with Crippen LogP contribution in [0.4, 0.5) is 5.82 Å². The Kier molecular flexibility index (Phi) is 1.48. The zero-order valence-corrected chi connectivity index (χ0v) is 5.85. The van der Waals surface area contributed by atoms with Gasteiger partial charge in [-0.15, -0.1) is 0 Å². The molecule has 0 aliphatic rings. The maximum absolute atomic E-state index is 5.35. The second kappa shape index (κ2) is 2.14. The third-order valence-corrected chi connectivity index (χ3v) is 1.38. The molecule has 0 aliphatic carbocycles. The largest absolute Gasteiger partial charge is 0.382 e. The van der Waals surface area contributed by atoms with Crippen LogP contribution < -0.4 is 5.73 Å². The van der Waals surface area contributed by atoms with Crippen LogP contribution in [0.1, 0.15) is 0 Å². The Balaban J connectivity index is 3.34. The van der Waals surface area contributed by atoms with E-state index in [1.807, 2.05) is 0 Å². The van der Waals surface area contributed by atoms with Crippen molar-refractivity contribution in [2.24, 2.45) is 7.05 Å². The highest BCUT2D eigenvalue weighted by molar-refractivity contribution is 7.71. The second-order valence-corrected chi connectivity index (χ2v) is 2.14. The number of aromatic nitrogens is 2. The number of nitrogens with zero attached hydrogens (tertiary/aromatic N) is 2. The summed E-state index contributed by atoms with van der Waals surface area (Å²) in [5, 5.41) is 3.86. The van der Waals surface area contributed by atoms with Crippen LogP contribution in [0.25, 0.3) is 0 Å². The zero-order chi connectivity index (χ0) is 6.85. The summed E-state index contributed by atoms with van der Waals surface area (Å²) in [6, 6.07) is 3.43. The highest BCUT2D eigenvalue weighted by atomic mass is 32.1. The first kappa shape index (κ1) is 6.22. The summed E-state index contributed by atoms with van der Waals surface area (Å²) < 4.78 is 2.24. The molecule has 0 saturated carbocycles. The monoisotopic (exact) mass is 141 g/mol. The number of aryl methyl sites for hydroxylation is 1. The van der Waals surface area contributed by atoms with Crippen molar-refractivity contribution in [3.8, 4) is 0 Å². The predicted octanol–water partition coefficient (Wildman–Crippen LogP) is 0.732. The fourth-order valence-corrected chi connectivity index (χ4v) is 0.629. The molecule has 0 aliphatic heterocycles. The van der Waals surface area contributed by atoms with Gasteiger partial charge in [0.1, 0.15) is 10.5 Å². The van der Waals surface area contributed by atoms with Gasteiger partial charge in [-0.25, -0.2) is 0 Å². The molecule has 4 heteroatoms. The fraction of sp³-hybridized carbons (Fsp3) is 0.200. The highest BCUT2D eigenvalue weighted by Crippen LogP contribution is 1.93. The fourth-order valence-electron chi connectivity index (χ4n) is 0.520. The van der Waals surface area contributed by atoms with Gasteiger partial charge in [0.05, 0.1) is 0 Å². The van der Waals surface area contributed by atoms with E-state index in [1.54, 1.807) is 23.9 Å². The lowest BCUT2D eigenvalue weighted by Crippen LogP contribution is -2.01. The number of nitrogen functional groups attached to an aromatic ring is 1. The predicted molar refractivity (Wildman–Crippen MR) is 38.5 cm³/mol. The van der Waals surface area contributed by atoms with Crippen molar-refractivity contribution in [1.82, 2.24) is 9.78 Å². The molecule has 1 aromatic rings. The van der Waals surface area contributed by atoms with Gasteiger partial charge in [-0.3, -0.25) is 4.68 Å². The summed E-state index contributed by atoms with van der Waals surface area (Å²) in [4.78, 5) is 0. The Morgan fingerprint density at radius 2 is 2.33 bits per heavy atom. The lowest BCUT2D eigenvalue weighted by atomic mass is 10.5. The summed E-state index contributed by atoms with van der Waals surface area (Å²) >= 11 is 4.86. The van der Waals surface area contributed by atoms with Gasteiger partial charge in [0, 0.05) is 7.05 Å². The first-order chi connectivity index (χ1) is 4.20. The van der Waals surface area contributed by atoms with Crippen molar-refractivity contribution in [3.63, 3.8) is 0 Å². The molecule has 0 fully saturated rings. The Morgan fingerprint density at radius 1 is 1.67 bits per heavy atom. The van der Waals surface area contributed by atoms with E-state index < -0.39 is 0 Å². The molecule has 0 atom stereocenters. The van der Waals surface area contributed by atoms with Crippen LogP contribution in [0.5, 0.6) is 0 Å². The molecule has 0 radical (unpaired) electrons. The maximum Gasteiger partial charge on any atom is 0.144 e. The summed E-state index contributed by atoms with van der Waals surface area (Å²) in [5.74, 6) is 0.492. The van der Waals surface area contributed by atoms with Gasteiger partial charge in [-0.05, 0) is 12.1 Å². The number of rotatable bonds is 0. The molecule has 2 N–H and O–H groups in total.